The number of alkyl halides is 3. The summed E-state index contributed by atoms with van der Waals surface area (Å²) >= 11 is 0. The van der Waals surface area contributed by atoms with Gasteiger partial charge in [0.15, 0.2) is 11.5 Å². The predicted molar refractivity (Wildman–Crippen MR) is 62.6 cm³/mol. The van der Waals surface area contributed by atoms with E-state index in [1.165, 1.54) is 22.1 Å². The van der Waals surface area contributed by atoms with Crippen molar-refractivity contribution in [3.05, 3.63) is 29.8 Å². The van der Waals surface area contributed by atoms with E-state index in [0.29, 0.717) is 0 Å². The summed E-state index contributed by atoms with van der Waals surface area (Å²) in [7, 11) is 0. The predicted octanol–water partition coefficient (Wildman–Crippen LogP) is 1.54. The Kier molecular flexibility index (Phi) is 4.22. The second-order valence-corrected chi connectivity index (χ2v) is 4.52. The number of piperazine rings is 1. The molecule has 0 saturated carbocycles. The van der Waals surface area contributed by atoms with Gasteiger partial charge in [-0.3, -0.25) is 9.69 Å². The first-order valence-electron chi connectivity index (χ1n) is 6.06. The molecule has 1 saturated heterocycles. The monoisotopic (exact) mass is 291 g/mol. The molecule has 1 fully saturated rings. The number of carbonyl (C=O) groups excluding carboxylic acids is 1. The van der Waals surface area contributed by atoms with Gasteiger partial charge in [0.05, 0.1) is 6.54 Å². The second-order valence-electron chi connectivity index (χ2n) is 4.52. The van der Waals surface area contributed by atoms with Crippen molar-refractivity contribution in [3.8, 4) is 0 Å². The molecule has 20 heavy (non-hydrogen) atoms. The molecular weight excluding hydrogens is 278 g/mol. The van der Waals surface area contributed by atoms with Crippen molar-refractivity contribution >= 4 is 5.91 Å². The number of aromatic nitrogens is 1. The van der Waals surface area contributed by atoms with E-state index < -0.39 is 24.4 Å². The molecule has 8 heteroatoms. The third-order valence-corrected chi connectivity index (χ3v) is 3.02. The SMILES string of the molecule is O=C(c1ncccc1F)N1CCN(CC(F)(F)F)CC1. The van der Waals surface area contributed by atoms with Gasteiger partial charge in [-0.1, -0.05) is 0 Å². The quantitative estimate of drug-likeness (QED) is 0.776. The van der Waals surface area contributed by atoms with Gasteiger partial charge in [-0.2, -0.15) is 13.2 Å². The lowest BCUT2D eigenvalue weighted by Gasteiger charge is -2.34. The number of hydrogen-bond donors (Lipinski definition) is 0. The van der Waals surface area contributed by atoms with Gasteiger partial charge in [0.25, 0.3) is 5.91 Å². The average Bonchev–Trinajstić information content (AvgIpc) is 2.37. The third-order valence-electron chi connectivity index (χ3n) is 3.02. The van der Waals surface area contributed by atoms with Crippen molar-refractivity contribution in [1.29, 1.82) is 0 Å². The van der Waals surface area contributed by atoms with Crippen molar-refractivity contribution in [2.45, 2.75) is 6.18 Å². The highest BCUT2D eigenvalue weighted by molar-refractivity contribution is 5.92. The van der Waals surface area contributed by atoms with Crippen molar-refractivity contribution in [2.75, 3.05) is 32.7 Å². The standard InChI is InChI=1S/C12H13F4N3O/c13-9-2-1-3-17-10(9)11(20)19-6-4-18(5-7-19)8-12(14,15)16/h1-3H,4-8H2. The highest BCUT2D eigenvalue weighted by Gasteiger charge is 2.33. The lowest BCUT2D eigenvalue weighted by atomic mass is 10.2. The van der Waals surface area contributed by atoms with Crippen LogP contribution in [0, 0.1) is 5.82 Å². The first kappa shape index (κ1) is 14.7. The molecule has 2 rings (SSSR count). The number of pyridine rings is 1. The Bertz CT molecular complexity index is 484. The zero-order valence-corrected chi connectivity index (χ0v) is 10.5. The number of nitrogens with zero attached hydrogens (tertiary/aromatic N) is 3. The van der Waals surface area contributed by atoms with Gasteiger partial charge in [0, 0.05) is 32.4 Å². The van der Waals surface area contributed by atoms with Crippen LogP contribution in [0.5, 0.6) is 0 Å². The fraction of sp³-hybridized carbons (Fsp3) is 0.500. The van der Waals surface area contributed by atoms with Gasteiger partial charge in [-0.05, 0) is 12.1 Å². The lowest BCUT2D eigenvalue weighted by molar-refractivity contribution is -0.148. The minimum absolute atomic E-state index is 0.111. The summed E-state index contributed by atoms with van der Waals surface area (Å²) in [6.07, 6.45) is -2.95. The molecule has 0 spiro atoms. The Morgan fingerprint density at radius 3 is 2.45 bits per heavy atom. The fourth-order valence-electron chi connectivity index (χ4n) is 2.06. The zero-order chi connectivity index (χ0) is 14.8. The molecule has 0 bridgehead atoms. The van der Waals surface area contributed by atoms with E-state index in [4.69, 9.17) is 0 Å². The van der Waals surface area contributed by atoms with Gasteiger partial charge in [-0.25, -0.2) is 9.37 Å². The molecule has 1 aliphatic heterocycles. The molecule has 1 aromatic heterocycles. The molecule has 0 aliphatic carbocycles. The van der Waals surface area contributed by atoms with Crippen molar-refractivity contribution in [3.63, 3.8) is 0 Å². The van der Waals surface area contributed by atoms with Crippen LogP contribution in [0.2, 0.25) is 0 Å². The minimum Gasteiger partial charge on any atom is -0.335 e. The molecule has 1 aromatic rings. The van der Waals surface area contributed by atoms with Crippen LogP contribution in [0.3, 0.4) is 0 Å². The Hall–Kier alpha value is -1.70. The molecule has 0 radical (unpaired) electrons. The van der Waals surface area contributed by atoms with Crippen LogP contribution in [0.1, 0.15) is 10.5 Å². The van der Waals surface area contributed by atoms with Crippen LogP contribution in [0.25, 0.3) is 0 Å². The Morgan fingerprint density at radius 2 is 1.90 bits per heavy atom. The van der Waals surface area contributed by atoms with Crippen LogP contribution in [0.4, 0.5) is 17.6 Å². The van der Waals surface area contributed by atoms with E-state index in [1.54, 1.807) is 0 Å². The average molecular weight is 291 g/mol. The molecule has 0 N–H and O–H groups in total. The molecule has 0 aromatic carbocycles. The molecule has 4 nitrogen and oxygen atoms in total. The summed E-state index contributed by atoms with van der Waals surface area (Å²) in [5.74, 6) is -1.31. The Morgan fingerprint density at radius 1 is 1.25 bits per heavy atom. The molecule has 1 amide bonds. The van der Waals surface area contributed by atoms with Crippen molar-refractivity contribution in [2.24, 2.45) is 0 Å². The number of hydrogen-bond acceptors (Lipinski definition) is 3. The maximum absolute atomic E-state index is 13.4. The minimum atomic E-state index is -4.25. The second kappa shape index (κ2) is 5.74. The highest BCUT2D eigenvalue weighted by atomic mass is 19.4. The summed E-state index contributed by atoms with van der Waals surface area (Å²) in [5.41, 5.74) is -0.295. The van der Waals surface area contributed by atoms with E-state index >= 15 is 0 Å². The summed E-state index contributed by atoms with van der Waals surface area (Å²) in [6.45, 7) is -0.512. The van der Waals surface area contributed by atoms with Crippen LogP contribution in [0.15, 0.2) is 18.3 Å². The fourth-order valence-corrected chi connectivity index (χ4v) is 2.06. The van der Waals surface area contributed by atoms with E-state index in [1.807, 2.05) is 0 Å². The summed E-state index contributed by atoms with van der Waals surface area (Å²) < 4.78 is 50.1. The van der Waals surface area contributed by atoms with E-state index in [9.17, 15) is 22.4 Å². The smallest absolute Gasteiger partial charge is 0.335 e. The zero-order valence-electron chi connectivity index (χ0n) is 10.5. The van der Waals surface area contributed by atoms with E-state index in [0.717, 1.165) is 6.07 Å². The Labute approximate surface area is 113 Å². The van der Waals surface area contributed by atoms with Crippen LogP contribution >= 0.6 is 0 Å². The maximum atomic E-state index is 13.4. The molecule has 1 aliphatic rings. The number of carbonyl (C=O) groups is 1. The molecule has 0 unspecified atom stereocenters. The van der Waals surface area contributed by atoms with Crippen LogP contribution in [-0.4, -0.2) is 59.6 Å². The molecule has 0 atom stereocenters. The van der Waals surface area contributed by atoms with Gasteiger partial charge in [0.2, 0.25) is 0 Å². The van der Waals surface area contributed by atoms with Crippen molar-refractivity contribution in [1.82, 2.24) is 14.8 Å². The number of amides is 1. The normalized spacial score (nSPS) is 17.3. The number of rotatable bonds is 2. The van der Waals surface area contributed by atoms with Crippen molar-refractivity contribution < 1.29 is 22.4 Å². The maximum Gasteiger partial charge on any atom is 0.401 e. The summed E-state index contributed by atoms with van der Waals surface area (Å²) in [4.78, 5) is 18.2. The van der Waals surface area contributed by atoms with Gasteiger partial charge >= 0.3 is 6.18 Å². The first-order chi connectivity index (χ1) is 9.37. The molecular formula is C12H13F4N3O. The van der Waals surface area contributed by atoms with Crippen LogP contribution < -0.4 is 0 Å². The third kappa shape index (κ3) is 3.66. The van der Waals surface area contributed by atoms with E-state index in [2.05, 4.69) is 4.98 Å². The number of halogens is 4. The highest BCUT2D eigenvalue weighted by Crippen LogP contribution is 2.18. The molecule has 110 valence electrons. The summed E-state index contributed by atoms with van der Waals surface area (Å²) in [6, 6.07) is 2.49. The van der Waals surface area contributed by atoms with Crippen LogP contribution in [-0.2, 0) is 0 Å². The van der Waals surface area contributed by atoms with Gasteiger partial charge in [0.1, 0.15) is 0 Å². The lowest BCUT2D eigenvalue weighted by Crippen LogP contribution is -2.51. The largest absolute Gasteiger partial charge is 0.401 e. The van der Waals surface area contributed by atoms with Gasteiger partial charge < -0.3 is 4.90 Å². The van der Waals surface area contributed by atoms with Gasteiger partial charge in [-0.15, -0.1) is 0 Å². The first-order valence-corrected chi connectivity index (χ1v) is 6.06. The van der Waals surface area contributed by atoms with E-state index in [-0.39, 0.29) is 31.9 Å². The summed E-state index contributed by atoms with van der Waals surface area (Å²) in [5, 5.41) is 0. The Balaban J connectivity index is 1.94. The molecule has 2 heterocycles. The topological polar surface area (TPSA) is 36.4 Å².